The van der Waals surface area contributed by atoms with Gasteiger partial charge in [-0.1, -0.05) is 12.5 Å². The number of nitrogens with zero attached hydrogens (tertiary/aromatic N) is 1. The Morgan fingerprint density at radius 1 is 1.42 bits per heavy atom. The number of rotatable bonds is 3. The number of fused-ring (bicyclic) bond motifs is 1. The Kier molecular flexibility index (Phi) is 3.42. The topological polar surface area (TPSA) is 47.2 Å². The van der Waals surface area contributed by atoms with Gasteiger partial charge in [0.15, 0.2) is 5.58 Å². The molecule has 0 saturated carbocycles. The molecule has 2 heterocycles. The normalized spacial score (nSPS) is 19.9. The molecule has 1 N–H and O–H groups in total. The Morgan fingerprint density at radius 2 is 2.32 bits per heavy atom. The average Bonchev–Trinajstić information content (AvgIpc) is 2.73. The molecule has 2 aromatic rings. The smallest absolute Gasteiger partial charge is 0.408 e. The molecule has 1 fully saturated rings. The summed E-state index contributed by atoms with van der Waals surface area (Å²) < 4.78 is 6.71. The van der Waals surface area contributed by atoms with E-state index in [9.17, 15) is 4.79 Å². The molecule has 1 aromatic heterocycles. The fourth-order valence-electron chi connectivity index (χ4n) is 2.84. The highest BCUT2D eigenvalue weighted by Crippen LogP contribution is 2.17. The van der Waals surface area contributed by atoms with E-state index in [1.165, 1.54) is 24.8 Å². The van der Waals surface area contributed by atoms with E-state index in [-0.39, 0.29) is 5.76 Å². The first kappa shape index (κ1) is 12.5. The lowest BCUT2D eigenvalue weighted by atomic mass is 9.98. The molecule has 1 aliphatic rings. The summed E-state index contributed by atoms with van der Waals surface area (Å²) in [4.78, 5) is 11.4. The molecule has 1 unspecified atom stereocenters. The van der Waals surface area contributed by atoms with Gasteiger partial charge in [0.25, 0.3) is 0 Å². The monoisotopic (exact) mass is 260 g/mol. The van der Waals surface area contributed by atoms with Crippen LogP contribution in [0.5, 0.6) is 0 Å². The van der Waals surface area contributed by atoms with Crippen molar-refractivity contribution >= 4 is 11.1 Å². The van der Waals surface area contributed by atoms with E-state index in [1.807, 2.05) is 6.07 Å². The number of nitrogens with one attached hydrogen (secondary N) is 1. The number of oxazole rings is 1. The standard InChI is InChI=1S/C15H20N2O2/c1-17-13-10-11(6-8-14(13)19-15(17)18)5-7-12-4-2-3-9-16-12/h6,8,10,12,16H,2-5,7,9H2,1H3. The Labute approximate surface area is 112 Å². The van der Waals surface area contributed by atoms with E-state index in [4.69, 9.17) is 4.42 Å². The highest BCUT2D eigenvalue weighted by molar-refractivity contribution is 5.73. The van der Waals surface area contributed by atoms with Gasteiger partial charge in [0.05, 0.1) is 5.52 Å². The molecule has 3 rings (SSSR count). The fraction of sp³-hybridized carbons (Fsp3) is 0.533. The molecule has 1 aromatic carbocycles. The van der Waals surface area contributed by atoms with E-state index < -0.39 is 0 Å². The zero-order valence-corrected chi connectivity index (χ0v) is 11.3. The third-order valence-electron chi connectivity index (χ3n) is 4.05. The lowest BCUT2D eigenvalue weighted by molar-refractivity contribution is 0.383. The predicted octanol–water partition coefficient (Wildman–Crippen LogP) is 2.21. The van der Waals surface area contributed by atoms with Crippen LogP contribution in [0.3, 0.4) is 0 Å². The summed E-state index contributed by atoms with van der Waals surface area (Å²) in [6, 6.07) is 6.69. The maximum Gasteiger partial charge on any atom is 0.419 e. The van der Waals surface area contributed by atoms with Crippen molar-refractivity contribution in [3.63, 3.8) is 0 Å². The Morgan fingerprint density at radius 3 is 3.11 bits per heavy atom. The number of hydrogen-bond donors (Lipinski definition) is 1. The van der Waals surface area contributed by atoms with Crippen molar-refractivity contribution in [3.8, 4) is 0 Å². The number of aryl methyl sites for hydroxylation is 2. The van der Waals surface area contributed by atoms with Gasteiger partial charge >= 0.3 is 5.76 Å². The van der Waals surface area contributed by atoms with Gasteiger partial charge < -0.3 is 9.73 Å². The zero-order valence-electron chi connectivity index (χ0n) is 11.3. The van der Waals surface area contributed by atoms with E-state index in [0.29, 0.717) is 11.6 Å². The Balaban J connectivity index is 1.74. The van der Waals surface area contributed by atoms with Crippen molar-refractivity contribution in [1.82, 2.24) is 9.88 Å². The number of aromatic nitrogens is 1. The van der Waals surface area contributed by atoms with E-state index in [1.54, 1.807) is 11.6 Å². The second-order valence-corrected chi connectivity index (χ2v) is 5.41. The lowest BCUT2D eigenvalue weighted by Gasteiger charge is -2.23. The Hall–Kier alpha value is -1.55. The predicted molar refractivity (Wildman–Crippen MR) is 75.4 cm³/mol. The van der Waals surface area contributed by atoms with Crippen LogP contribution in [0.4, 0.5) is 0 Å². The van der Waals surface area contributed by atoms with Crippen LogP contribution in [0, 0.1) is 0 Å². The van der Waals surface area contributed by atoms with Gasteiger partial charge in [-0.2, -0.15) is 0 Å². The summed E-state index contributed by atoms with van der Waals surface area (Å²) in [6.07, 6.45) is 6.14. The molecule has 19 heavy (non-hydrogen) atoms. The second kappa shape index (κ2) is 5.21. The van der Waals surface area contributed by atoms with Crippen molar-refractivity contribution in [1.29, 1.82) is 0 Å². The van der Waals surface area contributed by atoms with Crippen molar-refractivity contribution in [2.45, 2.75) is 38.1 Å². The number of piperidine rings is 1. The molecule has 0 bridgehead atoms. The van der Waals surface area contributed by atoms with Gasteiger partial charge in [-0.3, -0.25) is 4.57 Å². The first-order chi connectivity index (χ1) is 9.24. The van der Waals surface area contributed by atoms with Crippen LogP contribution >= 0.6 is 0 Å². The van der Waals surface area contributed by atoms with E-state index >= 15 is 0 Å². The molecule has 4 nitrogen and oxygen atoms in total. The SMILES string of the molecule is Cn1c(=O)oc2ccc(CCC3CCCCN3)cc21. The van der Waals surface area contributed by atoms with Crippen LogP contribution in [0.2, 0.25) is 0 Å². The first-order valence-electron chi connectivity index (χ1n) is 7.06. The summed E-state index contributed by atoms with van der Waals surface area (Å²) in [6.45, 7) is 1.15. The fourth-order valence-corrected chi connectivity index (χ4v) is 2.84. The molecule has 1 aliphatic heterocycles. The summed E-state index contributed by atoms with van der Waals surface area (Å²) >= 11 is 0. The van der Waals surface area contributed by atoms with Crippen molar-refractivity contribution in [3.05, 3.63) is 34.3 Å². The summed E-state index contributed by atoms with van der Waals surface area (Å²) in [5.74, 6) is -0.291. The highest BCUT2D eigenvalue weighted by Gasteiger charge is 2.13. The number of benzene rings is 1. The van der Waals surface area contributed by atoms with Crippen molar-refractivity contribution in [2.24, 2.45) is 7.05 Å². The first-order valence-corrected chi connectivity index (χ1v) is 7.06. The van der Waals surface area contributed by atoms with Crippen LogP contribution in [0.15, 0.2) is 27.4 Å². The van der Waals surface area contributed by atoms with E-state index in [0.717, 1.165) is 24.9 Å². The van der Waals surface area contributed by atoms with Gasteiger partial charge in [-0.05, 0) is 49.9 Å². The maximum absolute atomic E-state index is 11.4. The summed E-state index contributed by atoms with van der Waals surface area (Å²) in [7, 11) is 1.75. The third-order valence-corrected chi connectivity index (χ3v) is 4.05. The average molecular weight is 260 g/mol. The van der Waals surface area contributed by atoms with Crippen LogP contribution < -0.4 is 11.1 Å². The summed E-state index contributed by atoms with van der Waals surface area (Å²) in [5, 5.41) is 3.57. The summed E-state index contributed by atoms with van der Waals surface area (Å²) in [5.41, 5.74) is 2.84. The van der Waals surface area contributed by atoms with Crippen LogP contribution in [0.1, 0.15) is 31.2 Å². The largest absolute Gasteiger partial charge is 0.419 e. The molecule has 4 heteroatoms. The maximum atomic E-state index is 11.4. The van der Waals surface area contributed by atoms with Gasteiger partial charge in [-0.15, -0.1) is 0 Å². The van der Waals surface area contributed by atoms with Crippen molar-refractivity contribution < 1.29 is 4.42 Å². The molecule has 0 spiro atoms. The quantitative estimate of drug-likeness (QED) is 0.920. The van der Waals surface area contributed by atoms with Crippen molar-refractivity contribution in [2.75, 3.05) is 6.54 Å². The highest BCUT2D eigenvalue weighted by atomic mass is 16.4. The van der Waals surface area contributed by atoms with Gasteiger partial charge in [-0.25, -0.2) is 4.79 Å². The zero-order chi connectivity index (χ0) is 13.2. The molecule has 102 valence electrons. The molecular formula is C15H20N2O2. The number of hydrogen-bond acceptors (Lipinski definition) is 3. The van der Waals surface area contributed by atoms with Gasteiger partial charge in [0.1, 0.15) is 0 Å². The second-order valence-electron chi connectivity index (χ2n) is 5.41. The molecule has 1 atom stereocenters. The minimum absolute atomic E-state index is 0.291. The van der Waals surface area contributed by atoms with Gasteiger partial charge in [0, 0.05) is 13.1 Å². The van der Waals surface area contributed by atoms with Crippen LogP contribution in [-0.4, -0.2) is 17.2 Å². The lowest BCUT2D eigenvalue weighted by Crippen LogP contribution is -2.34. The molecular weight excluding hydrogens is 240 g/mol. The third kappa shape index (κ3) is 2.59. The minimum Gasteiger partial charge on any atom is -0.408 e. The molecule has 1 saturated heterocycles. The minimum atomic E-state index is -0.291. The van der Waals surface area contributed by atoms with Crippen LogP contribution in [0.25, 0.3) is 11.1 Å². The molecule has 0 amide bonds. The van der Waals surface area contributed by atoms with E-state index in [2.05, 4.69) is 17.4 Å². The van der Waals surface area contributed by atoms with Crippen LogP contribution in [-0.2, 0) is 13.5 Å². The molecule has 0 aliphatic carbocycles. The molecule has 0 radical (unpaired) electrons. The van der Waals surface area contributed by atoms with Gasteiger partial charge in [0.2, 0.25) is 0 Å². The Bertz CT molecular complexity index is 621.